The summed E-state index contributed by atoms with van der Waals surface area (Å²) in [6, 6.07) is 9.43. The van der Waals surface area contributed by atoms with Gasteiger partial charge in [-0.15, -0.1) is 0 Å². The predicted molar refractivity (Wildman–Crippen MR) is 84.4 cm³/mol. The lowest BCUT2D eigenvalue weighted by atomic mass is 9.90. The Morgan fingerprint density at radius 1 is 1.12 bits per heavy atom. The number of aromatic carboxylic acids is 1. The lowest BCUT2D eigenvalue weighted by Crippen LogP contribution is -2.38. The van der Waals surface area contributed by atoms with Gasteiger partial charge in [-0.05, 0) is 48.9 Å². The molecule has 0 atom stereocenters. The maximum Gasteiger partial charge on any atom is 0.371 e. The summed E-state index contributed by atoms with van der Waals surface area (Å²) in [7, 11) is 0. The minimum atomic E-state index is -1.20. The van der Waals surface area contributed by atoms with Crippen LogP contribution in [0, 0.1) is 11.7 Å². The smallest absolute Gasteiger partial charge is 0.371 e. The third-order valence-electron chi connectivity index (χ3n) is 4.40. The lowest BCUT2D eigenvalue weighted by molar-refractivity contribution is 0.0629. The van der Waals surface area contributed by atoms with E-state index in [0.29, 0.717) is 31.0 Å². The zero-order valence-corrected chi connectivity index (χ0v) is 13.1. The summed E-state index contributed by atoms with van der Waals surface area (Å²) in [4.78, 5) is 24.8. The number of piperidine rings is 1. The third-order valence-corrected chi connectivity index (χ3v) is 4.40. The number of nitrogens with zero attached hydrogens (tertiary/aromatic N) is 1. The van der Waals surface area contributed by atoms with Gasteiger partial charge in [-0.3, -0.25) is 4.79 Å². The number of rotatable bonds is 4. The van der Waals surface area contributed by atoms with Crippen molar-refractivity contribution >= 4 is 11.9 Å². The van der Waals surface area contributed by atoms with E-state index in [4.69, 9.17) is 9.52 Å². The average molecular weight is 331 g/mol. The number of carboxylic acids is 1. The molecule has 1 aliphatic heterocycles. The van der Waals surface area contributed by atoms with Crippen LogP contribution in [0.15, 0.2) is 40.8 Å². The van der Waals surface area contributed by atoms with Gasteiger partial charge in [0.25, 0.3) is 5.91 Å². The normalized spacial score (nSPS) is 15.5. The van der Waals surface area contributed by atoms with E-state index in [1.807, 2.05) is 6.07 Å². The zero-order valence-electron chi connectivity index (χ0n) is 13.1. The Kier molecular flexibility index (Phi) is 4.64. The van der Waals surface area contributed by atoms with Gasteiger partial charge in [-0.1, -0.05) is 18.2 Å². The monoisotopic (exact) mass is 331 g/mol. The van der Waals surface area contributed by atoms with Crippen molar-refractivity contribution in [1.29, 1.82) is 0 Å². The van der Waals surface area contributed by atoms with Crippen molar-refractivity contribution in [2.24, 2.45) is 5.92 Å². The number of hydrogen-bond acceptors (Lipinski definition) is 3. The number of benzene rings is 1. The number of carbonyl (C=O) groups excluding carboxylic acids is 1. The van der Waals surface area contributed by atoms with Gasteiger partial charge >= 0.3 is 5.97 Å². The second kappa shape index (κ2) is 6.86. The molecule has 6 heteroatoms. The molecule has 1 aliphatic rings. The van der Waals surface area contributed by atoms with Crippen molar-refractivity contribution < 1.29 is 23.5 Å². The summed E-state index contributed by atoms with van der Waals surface area (Å²) >= 11 is 0. The topological polar surface area (TPSA) is 70.8 Å². The molecule has 1 fully saturated rings. The minimum Gasteiger partial charge on any atom is -0.475 e. The summed E-state index contributed by atoms with van der Waals surface area (Å²) in [5.74, 6) is -1.55. The molecule has 2 heterocycles. The van der Waals surface area contributed by atoms with Gasteiger partial charge in [0.15, 0.2) is 5.76 Å². The van der Waals surface area contributed by atoms with Gasteiger partial charge in [0.2, 0.25) is 5.76 Å². The van der Waals surface area contributed by atoms with Crippen LogP contribution in [0.25, 0.3) is 0 Å². The summed E-state index contributed by atoms with van der Waals surface area (Å²) in [6.07, 6.45) is 2.23. The number of hydrogen-bond donors (Lipinski definition) is 1. The van der Waals surface area contributed by atoms with E-state index in [2.05, 4.69) is 0 Å². The number of amides is 1. The van der Waals surface area contributed by atoms with E-state index in [9.17, 15) is 14.0 Å². The first kappa shape index (κ1) is 16.2. The number of likely N-dealkylation sites (tertiary alicyclic amines) is 1. The zero-order chi connectivity index (χ0) is 17.1. The number of furan rings is 1. The molecule has 1 N–H and O–H groups in total. The number of halogens is 1. The van der Waals surface area contributed by atoms with E-state index < -0.39 is 5.97 Å². The second-order valence-corrected chi connectivity index (χ2v) is 6.00. The molecule has 1 amide bonds. The van der Waals surface area contributed by atoms with Crippen LogP contribution in [0.2, 0.25) is 0 Å². The van der Waals surface area contributed by atoms with E-state index in [0.717, 1.165) is 12.8 Å². The Labute approximate surface area is 138 Å². The molecule has 0 radical (unpaired) electrons. The predicted octanol–water partition coefficient (Wildman–Crippen LogP) is 3.21. The Hall–Kier alpha value is -2.63. The molecule has 3 rings (SSSR count). The Balaban J connectivity index is 1.57. The molecule has 0 saturated carbocycles. The van der Waals surface area contributed by atoms with Crippen LogP contribution in [-0.2, 0) is 6.42 Å². The van der Waals surface area contributed by atoms with Crippen LogP contribution < -0.4 is 0 Å². The van der Waals surface area contributed by atoms with Gasteiger partial charge < -0.3 is 14.4 Å². The molecule has 1 aromatic carbocycles. The van der Waals surface area contributed by atoms with Gasteiger partial charge in [-0.2, -0.15) is 0 Å². The van der Waals surface area contributed by atoms with Crippen LogP contribution in [-0.4, -0.2) is 35.0 Å². The molecule has 0 spiro atoms. The highest BCUT2D eigenvalue weighted by atomic mass is 19.1. The van der Waals surface area contributed by atoms with Gasteiger partial charge in [-0.25, -0.2) is 9.18 Å². The maximum absolute atomic E-state index is 13.7. The largest absolute Gasteiger partial charge is 0.475 e. The van der Waals surface area contributed by atoms with E-state index in [1.54, 1.807) is 17.0 Å². The Morgan fingerprint density at radius 3 is 2.42 bits per heavy atom. The van der Waals surface area contributed by atoms with Gasteiger partial charge in [0.05, 0.1) is 0 Å². The average Bonchev–Trinajstić information content (AvgIpc) is 3.07. The molecule has 0 aliphatic carbocycles. The van der Waals surface area contributed by atoms with Crippen molar-refractivity contribution in [1.82, 2.24) is 4.90 Å². The molecule has 2 aromatic rings. The molecule has 126 valence electrons. The molecular formula is C18H18FNO4. The maximum atomic E-state index is 13.7. The summed E-state index contributed by atoms with van der Waals surface area (Å²) in [5, 5.41) is 8.84. The van der Waals surface area contributed by atoms with E-state index in [1.165, 1.54) is 18.2 Å². The molecule has 24 heavy (non-hydrogen) atoms. The number of carboxylic acid groups (broad SMARTS) is 1. The SMILES string of the molecule is O=C(O)c1ccc(C(=O)N2CCC(Cc3ccccc3F)CC2)o1. The minimum absolute atomic E-state index is 0.0416. The van der Waals surface area contributed by atoms with Crippen molar-refractivity contribution in [2.45, 2.75) is 19.3 Å². The number of carbonyl (C=O) groups is 2. The third kappa shape index (κ3) is 3.48. The summed E-state index contributed by atoms with van der Waals surface area (Å²) in [5.41, 5.74) is 0.708. The van der Waals surface area contributed by atoms with Crippen molar-refractivity contribution in [3.8, 4) is 0 Å². The standard InChI is InChI=1S/C18H18FNO4/c19-14-4-2-1-3-13(14)11-12-7-9-20(10-8-12)17(21)15-5-6-16(24-15)18(22)23/h1-6,12H,7-11H2,(H,22,23). The van der Waals surface area contributed by atoms with Crippen LogP contribution in [0.5, 0.6) is 0 Å². The first-order valence-electron chi connectivity index (χ1n) is 7.90. The quantitative estimate of drug-likeness (QED) is 0.934. The highest BCUT2D eigenvalue weighted by Gasteiger charge is 2.26. The Bertz CT molecular complexity index is 747. The highest BCUT2D eigenvalue weighted by molar-refractivity contribution is 5.93. The first-order chi connectivity index (χ1) is 11.5. The summed E-state index contributed by atoms with van der Waals surface area (Å²) < 4.78 is 18.8. The molecule has 1 saturated heterocycles. The molecule has 5 nitrogen and oxygen atoms in total. The molecular weight excluding hydrogens is 313 g/mol. The van der Waals surface area contributed by atoms with Crippen molar-refractivity contribution in [3.05, 3.63) is 59.3 Å². The Morgan fingerprint density at radius 2 is 1.79 bits per heavy atom. The highest BCUT2D eigenvalue weighted by Crippen LogP contribution is 2.24. The van der Waals surface area contributed by atoms with E-state index in [-0.39, 0.29) is 23.2 Å². The fourth-order valence-corrected chi connectivity index (χ4v) is 3.04. The fraction of sp³-hybridized carbons (Fsp3) is 0.333. The van der Waals surface area contributed by atoms with Crippen molar-refractivity contribution in [2.75, 3.05) is 13.1 Å². The van der Waals surface area contributed by atoms with Crippen LogP contribution in [0.3, 0.4) is 0 Å². The first-order valence-corrected chi connectivity index (χ1v) is 7.90. The summed E-state index contributed by atoms with van der Waals surface area (Å²) in [6.45, 7) is 1.11. The van der Waals surface area contributed by atoms with Crippen molar-refractivity contribution in [3.63, 3.8) is 0 Å². The van der Waals surface area contributed by atoms with Crippen LogP contribution >= 0.6 is 0 Å². The van der Waals surface area contributed by atoms with Gasteiger partial charge in [0, 0.05) is 13.1 Å². The van der Waals surface area contributed by atoms with E-state index >= 15 is 0 Å². The second-order valence-electron chi connectivity index (χ2n) is 6.00. The lowest BCUT2D eigenvalue weighted by Gasteiger charge is -2.31. The van der Waals surface area contributed by atoms with Crippen LogP contribution in [0.1, 0.15) is 39.5 Å². The fourth-order valence-electron chi connectivity index (χ4n) is 3.04. The van der Waals surface area contributed by atoms with Gasteiger partial charge in [0.1, 0.15) is 5.82 Å². The molecule has 0 unspecified atom stereocenters. The molecule has 0 bridgehead atoms. The molecule has 1 aromatic heterocycles. The van der Waals surface area contributed by atoms with Crippen LogP contribution in [0.4, 0.5) is 4.39 Å².